The highest BCUT2D eigenvalue weighted by Gasteiger charge is 2.20. The zero-order valence-electron chi connectivity index (χ0n) is 7.25. The summed E-state index contributed by atoms with van der Waals surface area (Å²) in [5.74, 6) is 6.99. The van der Waals surface area contributed by atoms with E-state index in [9.17, 15) is 0 Å². The van der Waals surface area contributed by atoms with E-state index in [2.05, 4.69) is 6.92 Å². The van der Waals surface area contributed by atoms with Crippen LogP contribution < -0.4 is 5.84 Å². The van der Waals surface area contributed by atoms with Gasteiger partial charge in [0.2, 0.25) is 0 Å². The number of nitrogens with zero attached hydrogens (tertiary/aromatic N) is 1. The Labute approximate surface area is 73.5 Å². The van der Waals surface area contributed by atoms with Crippen molar-refractivity contribution < 1.29 is 0 Å². The van der Waals surface area contributed by atoms with Gasteiger partial charge in [-0.05, 0) is 6.42 Å². The van der Waals surface area contributed by atoms with Gasteiger partial charge in [-0.15, -0.1) is 11.8 Å². The van der Waals surface area contributed by atoms with E-state index in [1.54, 1.807) is 0 Å². The molecule has 11 heavy (non-hydrogen) atoms. The van der Waals surface area contributed by atoms with E-state index in [0.717, 1.165) is 6.54 Å². The Morgan fingerprint density at radius 3 is 2.91 bits per heavy atom. The lowest BCUT2D eigenvalue weighted by Crippen LogP contribution is -2.34. The molecule has 2 nitrogen and oxygen atoms in total. The highest BCUT2D eigenvalue weighted by atomic mass is 32.2. The second-order valence-electron chi connectivity index (χ2n) is 3.06. The fourth-order valence-corrected chi connectivity index (χ4v) is 2.57. The van der Waals surface area contributed by atoms with Gasteiger partial charge in [0.1, 0.15) is 0 Å². The van der Waals surface area contributed by atoms with Gasteiger partial charge in [0, 0.05) is 12.3 Å². The molecule has 1 aliphatic heterocycles. The third kappa shape index (κ3) is 3.01. The Balaban J connectivity index is 2.05. The zero-order chi connectivity index (χ0) is 8.10. The van der Waals surface area contributed by atoms with Crippen LogP contribution in [0.1, 0.15) is 32.6 Å². The monoisotopic (exact) mass is 174 g/mol. The van der Waals surface area contributed by atoms with Crippen molar-refractivity contribution in [2.24, 2.45) is 5.84 Å². The van der Waals surface area contributed by atoms with Crippen molar-refractivity contribution in [2.45, 2.75) is 38.0 Å². The van der Waals surface area contributed by atoms with Gasteiger partial charge in [0.15, 0.2) is 0 Å². The maximum Gasteiger partial charge on any atom is 0.0694 e. The molecule has 3 heteroatoms. The molecule has 0 bridgehead atoms. The van der Waals surface area contributed by atoms with E-state index in [0.29, 0.717) is 5.37 Å². The summed E-state index contributed by atoms with van der Waals surface area (Å²) in [6.45, 7) is 3.31. The van der Waals surface area contributed by atoms with Gasteiger partial charge in [0.05, 0.1) is 5.37 Å². The molecule has 0 aliphatic carbocycles. The number of hydrazine groups is 1. The summed E-state index contributed by atoms with van der Waals surface area (Å²) < 4.78 is 0. The summed E-state index contributed by atoms with van der Waals surface area (Å²) in [7, 11) is 0. The van der Waals surface area contributed by atoms with Crippen LogP contribution in [0.25, 0.3) is 0 Å². The molecule has 1 saturated heterocycles. The number of hydrogen-bond donors (Lipinski definition) is 1. The lowest BCUT2D eigenvalue weighted by Gasteiger charge is -2.17. The van der Waals surface area contributed by atoms with E-state index >= 15 is 0 Å². The van der Waals surface area contributed by atoms with Crippen molar-refractivity contribution in [2.75, 3.05) is 12.3 Å². The summed E-state index contributed by atoms with van der Waals surface area (Å²) in [5, 5.41) is 2.60. The van der Waals surface area contributed by atoms with Crippen molar-refractivity contribution in [3.05, 3.63) is 0 Å². The third-order valence-electron chi connectivity index (χ3n) is 2.08. The van der Waals surface area contributed by atoms with Crippen molar-refractivity contribution in [3.8, 4) is 0 Å². The molecule has 1 fully saturated rings. The van der Waals surface area contributed by atoms with E-state index in [1.165, 1.54) is 31.4 Å². The minimum absolute atomic E-state index is 0.613. The smallest absolute Gasteiger partial charge is 0.0694 e. The van der Waals surface area contributed by atoms with Crippen molar-refractivity contribution >= 4 is 11.8 Å². The highest BCUT2D eigenvalue weighted by molar-refractivity contribution is 8.00. The number of hydrogen-bond acceptors (Lipinski definition) is 3. The minimum Gasteiger partial charge on any atom is -0.268 e. The first-order chi connectivity index (χ1) is 5.34. The normalized spacial score (nSPS) is 26.2. The second-order valence-corrected chi connectivity index (χ2v) is 4.34. The maximum absolute atomic E-state index is 5.77. The van der Waals surface area contributed by atoms with Crippen LogP contribution in [0.5, 0.6) is 0 Å². The molecular weight excluding hydrogens is 156 g/mol. The molecule has 0 radical (unpaired) electrons. The highest BCUT2D eigenvalue weighted by Crippen LogP contribution is 2.24. The lowest BCUT2D eigenvalue weighted by molar-refractivity contribution is 0.283. The summed E-state index contributed by atoms with van der Waals surface area (Å²) in [5.41, 5.74) is 0. The topological polar surface area (TPSA) is 29.3 Å². The zero-order valence-corrected chi connectivity index (χ0v) is 8.07. The molecule has 1 heterocycles. The molecule has 0 amide bonds. The van der Waals surface area contributed by atoms with Crippen LogP contribution in [0.15, 0.2) is 0 Å². The molecule has 0 aromatic carbocycles. The fourth-order valence-electron chi connectivity index (χ4n) is 1.35. The average Bonchev–Trinajstić information content (AvgIpc) is 2.37. The molecule has 0 saturated carbocycles. The number of rotatable bonds is 4. The molecule has 1 aliphatic rings. The summed E-state index contributed by atoms with van der Waals surface area (Å²) in [6, 6.07) is 0. The number of thioether (sulfide) groups is 1. The molecule has 1 unspecified atom stereocenters. The van der Waals surface area contributed by atoms with Crippen molar-refractivity contribution in [3.63, 3.8) is 0 Å². The van der Waals surface area contributed by atoms with Crippen LogP contribution >= 0.6 is 11.8 Å². The standard InChI is InChI=1S/C8H18N2S/c1-2-3-4-5-8-10(9)6-7-11-8/h8H,2-7,9H2,1H3. The van der Waals surface area contributed by atoms with Gasteiger partial charge in [0.25, 0.3) is 0 Å². The Bertz CT molecular complexity index is 108. The van der Waals surface area contributed by atoms with Crippen LogP contribution in [0.4, 0.5) is 0 Å². The maximum atomic E-state index is 5.77. The minimum atomic E-state index is 0.613. The molecule has 1 atom stereocenters. The molecule has 2 N–H and O–H groups in total. The van der Waals surface area contributed by atoms with Gasteiger partial charge in [-0.2, -0.15) is 0 Å². The second kappa shape index (κ2) is 5.01. The van der Waals surface area contributed by atoms with Crippen molar-refractivity contribution in [1.82, 2.24) is 5.01 Å². The predicted molar refractivity (Wildman–Crippen MR) is 51.3 cm³/mol. The first kappa shape index (κ1) is 9.36. The average molecular weight is 174 g/mol. The molecule has 1 rings (SSSR count). The molecule has 0 aromatic rings. The van der Waals surface area contributed by atoms with Crippen LogP contribution in [-0.2, 0) is 0 Å². The third-order valence-corrected chi connectivity index (χ3v) is 3.39. The lowest BCUT2D eigenvalue weighted by atomic mass is 10.2. The van der Waals surface area contributed by atoms with Crippen LogP contribution in [-0.4, -0.2) is 22.7 Å². The SMILES string of the molecule is CCCCCC1SCCN1N. The van der Waals surface area contributed by atoms with Crippen LogP contribution in [0, 0.1) is 0 Å². The largest absolute Gasteiger partial charge is 0.268 e. The van der Waals surface area contributed by atoms with Gasteiger partial charge in [-0.25, -0.2) is 5.01 Å². The van der Waals surface area contributed by atoms with E-state index in [1.807, 2.05) is 16.8 Å². The first-order valence-corrected chi connectivity index (χ1v) is 5.52. The van der Waals surface area contributed by atoms with Crippen molar-refractivity contribution in [1.29, 1.82) is 0 Å². The predicted octanol–water partition coefficient (Wildman–Crippen LogP) is 1.82. The summed E-state index contributed by atoms with van der Waals surface area (Å²) in [4.78, 5) is 0. The number of nitrogens with two attached hydrogens (primary N) is 1. The summed E-state index contributed by atoms with van der Waals surface area (Å²) >= 11 is 2.00. The Morgan fingerprint density at radius 1 is 1.55 bits per heavy atom. The van der Waals surface area contributed by atoms with Crippen LogP contribution in [0.2, 0.25) is 0 Å². The Hall–Kier alpha value is 0.270. The van der Waals surface area contributed by atoms with Gasteiger partial charge < -0.3 is 0 Å². The Kier molecular flexibility index (Phi) is 4.26. The van der Waals surface area contributed by atoms with Gasteiger partial charge in [-0.1, -0.05) is 26.2 Å². The first-order valence-electron chi connectivity index (χ1n) is 4.47. The number of unbranched alkanes of at least 4 members (excludes halogenated alkanes) is 2. The van der Waals surface area contributed by atoms with Crippen LogP contribution in [0.3, 0.4) is 0 Å². The molecule has 66 valence electrons. The fraction of sp³-hybridized carbons (Fsp3) is 1.00. The van der Waals surface area contributed by atoms with Gasteiger partial charge in [-0.3, -0.25) is 5.84 Å². The summed E-state index contributed by atoms with van der Waals surface area (Å²) in [6.07, 6.45) is 5.27. The molecular formula is C8H18N2S. The quantitative estimate of drug-likeness (QED) is 0.520. The Morgan fingerprint density at radius 2 is 2.36 bits per heavy atom. The molecule has 0 spiro atoms. The van der Waals surface area contributed by atoms with E-state index in [-0.39, 0.29) is 0 Å². The van der Waals surface area contributed by atoms with E-state index in [4.69, 9.17) is 5.84 Å². The van der Waals surface area contributed by atoms with E-state index < -0.39 is 0 Å². The molecule has 0 aromatic heterocycles. The van der Waals surface area contributed by atoms with Gasteiger partial charge >= 0.3 is 0 Å².